The zero-order valence-electron chi connectivity index (χ0n) is 12.9. The molecular weight excluding hydrogens is 284 g/mol. The van der Waals surface area contributed by atoms with Crippen LogP contribution in [0.4, 0.5) is 0 Å². The van der Waals surface area contributed by atoms with Gasteiger partial charge in [0.05, 0.1) is 7.11 Å². The van der Waals surface area contributed by atoms with E-state index in [0.29, 0.717) is 5.56 Å². The first-order valence-corrected chi connectivity index (χ1v) is 7.37. The minimum atomic E-state index is 0.0627. The van der Waals surface area contributed by atoms with Crippen LogP contribution in [-0.2, 0) is 0 Å². The summed E-state index contributed by atoms with van der Waals surface area (Å²) in [5, 5.41) is 9.75. The zero-order chi connectivity index (χ0) is 16.2. The zero-order valence-corrected chi connectivity index (χ0v) is 12.9. The van der Waals surface area contributed by atoms with Crippen molar-refractivity contribution in [2.24, 2.45) is 5.73 Å². The molecule has 3 aromatic carbocycles. The number of nitrogen functional groups attached to an aromatic ring is 1. The second kappa shape index (κ2) is 6.36. The summed E-state index contributed by atoms with van der Waals surface area (Å²) >= 11 is 0. The van der Waals surface area contributed by atoms with Gasteiger partial charge in [-0.05, 0) is 28.5 Å². The average molecular weight is 302 g/mol. The fourth-order valence-corrected chi connectivity index (χ4v) is 2.58. The summed E-state index contributed by atoms with van der Waals surface area (Å²) in [6.07, 6.45) is 4.10. The Morgan fingerprint density at radius 1 is 1.00 bits per heavy atom. The Kier molecular flexibility index (Phi) is 4.11. The maximum absolute atomic E-state index is 7.64. The van der Waals surface area contributed by atoms with E-state index in [4.69, 9.17) is 15.9 Å². The van der Waals surface area contributed by atoms with E-state index in [2.05, 4.69) is 18.2 Å². The lowest BCUT2D eigenvalue weighted by Crippen LogP contribution is -2.10. The van der Waals surface area contributed by atoms with Crippen molar-refractivity contribution in [3.05, 3.63) is 77.4 Å². The van der Waals surface area contributed by atoms with Gasteiger partial charge in [0.1, 0.15) is 11.6 Å². The first-order chi connectivity index (χ1) is 11.2. The lowest BCUT2D eigenvalue weighted by Gasteiger charge is -2.10. The van der Waals surface area contributed by atoms with Crippen LogP contribution in [0.5, 0.6) is 5.75 Å². The van der Waals surface area contributed by atoms with Crippen LogP contribution in [0.3, 0.4) is 0 Å². The Bertz CT molecular complexity index is 883. The quantitative estimate of drug-likeness (QED) is 0.429. The van der Waals surface area contributed by atoms with Crippen molar-refractivity contribution in [1.82, 2.24) is 0 Å². The monoisotopic (exact) mass is 302 g/mol. The average Bonchev–Trinajstić information content (AvgIpc) is 2.59. The van der Waals surface area contributed by atoms with Crippen molar-refractivity contribution in [2.45, 2.75) is 0 Å². The van der Waals surface area contributed by atoms with Crippen LogP contribution in [0.25, 0.3) is 22.9 Å². The molecule has 0 bridgehead atoms. The van der Waals surface area contributed by atoms with E-state index in [0.717, 1.165) is 27.6 Å². The summed E-state index contributed by atoms with van der Waals surface area (Å²) in [5.41, 5.74) is 8.44. The highest BCUT2D eigenvalue weighted by Crippen LogP contribution is 2.30. The number of nitrogens with two attached hydrogens (primary N) is 1. The molecule has 0 aliphatic carbocycles. The fraction of sp³-hybridized carbons (Fsp3) is 0.0500. The fourth-order valence-electron chi connectivity index (χ4n) is 2.58. The van der Waals surface area contributed by atoms with Crippen molar-refractivity contribution >= 4 is 28.8 Å². The maximum Gasteiger partial charge on any atom is 0.126 e. The van der Waals surface area contributed by atoms with Gasteiger partial charge in [0.25, 0.3) is 0 Å². The van der Waals surface area contributed by atoms with E-state index >= 15 is 0 Å². The van der Waals surface area contributed by atoms with Crippen LogP contribution in [0.15, 0.2) is 60.7 Å². The van der Waals surface area contributed by atoms with Crippen LogP contribution in [0.2, 0.25) is 0 Å². The van der Waals surface area contributed by atoms with Crippen molar-refractivity contribution in [1.29, 1.82) is 5.41 Å². The van der Waals surface area contributed by atoms with E-state index in [1.54, 1.807) is 7.11 Å². The maximum atomic E-state index is 7.64. The summed E-state index contributed by atoms with van der Waals surface area (Å²) in [5.74, 6) is 0.859. The third-order valence-electron chi connectivity index (χ3n) is 3.80. The first kappa shape index (κ1) is 14.9. The number of hydrogen-bond acceptors (Lipinski definition) is 2. The lowest BCUT2D eigenvalue weighted by atomic mass is 9.99. The standard InChI is InChI=1S/C20H18N2O/c1-23-19-12-10-15-8-9-16(20(21)22)13-18(15)17(19)11-7-14-5-3-2-4-6-14/h2-13H,1H3,(H3,21,22)/b11-7+. The predicted molar refractivity (Wildman–Crippen MR) is 96.9 cm³/mol. The summed E-state index contributed by atoms with van der Waals surface area (Å²) < 4.78 is 5.51. The molecule has 114 valence electrons. The second-order valence-electron chi connectivity index (χ2n) is 5.28. The van der Waals surface area contributed by atoms with Crippen LogP contribution in [-0.4, -0.2) is 12.9 Å². The topological polar surface area (TPSA) is 59.1 Å². The Hall–Kier alpha value is -3.07. The number of benzene rings is 3. The van der Waals surface area contributed by atoms with E-state index in [1.807, 2.05) is 54.6 Å². The molecule has 3 nitrogen and oxygen atoms in total. The molecule has 0 aromatic heterocycles. The number of methoxy groups -OCH3 is 1. The molecule has 3 heteroatoms. The molecule has 3 aromatic rings. The van der Waals surface area contributed by atoms with E-state index in [-0.39, 0.29) is 5.84 Å². The molecule has 0 heterocycles. The van der Waals surface area contributed by atoms with Gasteiger partial charge in [-0.15, -0.1) is 0 Å². The van der Waals surface area contributed by atoms with Gasteiger partial charge in [-0.2, -0.15) is 0 Å². The highest BCUT2D eigenvalue weighted by molar-refractivity contribution is 6.02. The third kappa shape index (κ3) is 3.09. The summed E-state index contributed by atoms with van der Waals surface area (Å²) in [7, 11) is 1.66. The molecule has 0 radical (unpaired) electrons. The van der Waals surface area contributed by atoms with Crippen LogP contribution >= 0.6 is 0 Å². The minimum Gasteiger partial charge on any atom is -0.496 e. The highest BCUT2D eigenvalue weighted by atomic mass is 16.5. The third-order valence-corrected chi connectivity index (χ3v) is 3.80. The van der Waals surface area contributed by atoms with Crippen molar-refractivity contribution in [3.8, 4) is 5.75 Å². The van der Waals surface area contributed by atoms with Crippen LogP contribution in [0, 0.1) is 5.41 Å². The molecule has 0 saturated carbocycles. The first-order valence-electron chi connectivity index (χ1n) is 7.37. The molecular formula is C20H18N2O. The predicted octanol–water partition coefficient (Wildman–Crippen LogP) is 4.30. The molecule has 0 unspecified atom stereocenters. The molecule has 3 N–H and O–H groups in total. The number of rotatable bonds is 4. The molecule has 0 amide bonds. The summed E-state index contributed by atoms with van der Waals surface area (Å²) in [6, 6.07) is 19.9. The molecule has 0 aliphatic heterocycles. The van der Waals surface area contributed by atoms with Gasteiger partial charge in [0.15, 0.2) is 0 Å². The van der Waals surface area contributed by atoms with Gasteiger partial charge in [0, 0.05) is 11.1 Å². The molecule has 0 fully saturated rings. The SMILES string of the molecule is COc1ccc2ccc(C(=N)N)cc2c1/C=C/c1ccccc1. The lowest BCUT2D eigenvalue weighted by molar-refractivity contribution is 0.414. The smallest absolute Gasteiger partial charge is 0.126 e. The van der Waals surface area contributed by atoms with Crippen molar-refractivity contribution in [3.63, 3.8) is 0 Å². The number of ether oxygens (including phenoxy) is 1. The van der Waals surface area contributed by atoms with Gasteiger partial charge in [-0.1, -0.05) is 60.7 Å². The van der Waals surface area contributed by atoms with E-state index < -0.39 is 0 Å². The number of nitrogens with one attached hydrogen (secondary N) is 1. The Morgan fingerprint density at radius 2 is 1.74 bits per heavy atom. The highest BCUT2D eigenvalue weighted by Gasteiger charge is 2.07. The summed E-state index contributed by atoms with van der Waals surface area (Å²) in [6.45, 7) is 0. The number of hydrogen-bond donors (Lipinski definition) is 2. The van der Waals surface area contributed by atoms with Crippen molar-refractivity contribution in [2.75, 3.05) is 7.11 Å². The van der Waals surface area contributed by atoms with Crippen LogP contribution < -0.4 is 10.5 Å². The van der Waals surface area contributed by atoms with Gasteiger partial charge < -0.3 is 10.5 Å². The number of amidine groups is 1. The van der Waals surface area contributed by atoms with Gasteiger partial charge in [-0.25, -0.2) is 0 Å². The largest absolute Gasteiger partial charge is 0.496 e. The second-order valence-corrected chi connectivity index (χ2v) is 5.28. The van der Waals surface area contributed by atoms with Gasteiger partial charge >= 0.3 is 0 Å². The Balaban J connectivity index is 2.17. The number of fused-ring (bicyclic) bond motifs is 1. The van der Waals surface area contributed by atoms with Crippen molar-refractivity contribution < 1.29 is 4.74 Å². The molecule has 0 aliphatic rings. The Labute approximate surface area is 135 Å². The molecule has 0 spiro atoms. The molecule has 0 saturated heterocycles. The van der Waals surface area contributed by atoms with Gasteiger partial charge in [0.2, 0.25) is 0 Å². The molecule has 0 atom stereocenters. The molecule has 23 heavy (non-hydrogen) atoms. The normalized spacial score (nSPS) is 11.0. The van der Waals surface area contributed by atoms with E-state index in [9.17, 15) is 0 Å². The van der Waals surface area contributed by atoms with Gasteiger partial charge in [-0.3, -0.25) is 5.41 Å². The minimum absolute atomic E-state index is 0.0627. The molecule has 3 rings (SSSR count). The van der Waals surface area contributed by atoms with E-state index in [1.165, 1.54) is 0 Å². The van der Waals surface area contributed by atoms with Crippen LogP contribution in [0.1, 0.15) is 16.7 Å². The Morgan fingerprint density at radius 3 is 2.43 bits per heavy atom. The summed E-state index contributed by atoms with van der Waals surface area (Å²) in [4.78, 5) is 0.